The van der Waals surface area contributed by atoms with Gasteiger partial charge in [0.25, 0.3) is 0 Å². The first-order valence-electron chi connectivity index (χ1n) is 10.7. The fourth-order valence-electron chi connectivity index (χ4n) is 4.38. The zero-order valence-corrected chi connectivity index (χ0v) is 20.7. The van der Waals surface area contributed by atoms with Crippen LogP contribution >= 0.6 is 31.9 Å². The lowest BCUT2D eigenvalue weighted by molar-refractivity contribution is 0.330. The standard InChI is InChI=1S/C24H27Br2N3O2/c1-2-31-24-16(10-17(25)11-19(24)26)14-27-20-9-5-6-15(20)13-28-23-12-22(30)18-7-3-4-8-21(18)29-23/h3-4,7-8,10-12,15,20,27H,2,5-6,9,13-14H2,1H3,(H2,28,29,30)/t15-,20+/m1/s1. The number of rotatable bonds is 8. The maximum Gasteiger partial charge on any atom is 0.191 e. The van der Waals surface area contributed by atoms with Crippen LogP contribution in [0.1, 0.15) is 31.7 Å². The highest BCUT2D eigenvalue weighted by Crippen LogP contribution is 2.34. The van der Waals surface area contributed by atoms with Crippen molar-refractivity contribution >= 4 is 48.6 Å². The number of anilines is 1. The maximum absolute atomic E-state index is 12.4. The summed E-state index contributed by atoms with van der Waals surface area (Å²) in [5, 5.41) is 7.93. The largest absolute Gasteiger partial charge is 0.492 e. The maximum atomic E-state index is 12.4. The summed E-state index contributed by atoms with van der Waals surface area (Å²) in [5.41, 5.74) is 2.05. The molecule has 1 aromatic heterocycles. The van der Waals surface area contributed by atoms with Crippen molar-refractivity contribution in [1.29, 1.82) is 0 Å². The lowest BCUT2D eigenvalue weighted by Gasteiger charge is -2.23. The Hall–Kier alpha value is -1.83. The summed E-state index contributed by atoms with van der Waals surface area (Å²) in [7, 11) is 0. The Morgan fingerprint density at radius 2 is 2.00 bits per heavy atom. The van der Waals surface area contributed by atoms with Gasteiger partial charge in [-0.1, -0.05) is 34.5 Å². The van der Waals surface area contributed by atoms with E-state index in [1.807, 2.05) is 37.3 Å². The minimum absolute atomic E-state index is 0.0432. The Balaban J connectivity index is 1.41. The van der Waals surface area contributed by atoms with E-state index in [0.717, 1.165) is 56.5 Å². The second-order valence-corrected chi connectivity index (χ2v) is 9.73. The van der Waals surface area contributed by atoms with E-state index in [1.54, 1.807) is 6.07 Å². The van der Waals surface area contributed by atoms with Crippen LogP contribution < -0.4 is 20.8 Å². The molecule has 0 unspecified atom stereocenters. The molecule has 1 saturated carbocycles. The van der Waals surface area contributed by atoms with Crippen LogP contribution in [0.5, 0.6) is 5.75 Å². The van der Waals surface area contributed by atoms with Gasteiger partial charge in [-0.05, 0) is 65.9 Å². The molecule has 2 atom stereocenters. The molecule has 0 saturated heterocycles. The third-order valence-electron chi connectivity index (χ3n) is 5.88. The molecule has 4 rings (SSSR count). The van der Waals surface area contributed by atoms with E-state index < -0.39 is 0 Å². The molecule has 1 heterocycles. The first kappa shape index (κ1) is 22.4. The van der Waals surface area contributed by atoms with E-state index in [2.05, 4.69) is 53.5 Å². The van der Waals surface area contributed by atoms with Crippen molar-refractivity contribution in [3.05, 3.63) is 67.2 Å². The van der Waals surface area contributed by atoms with Gasteiger partial charge in [0.2, 0.25) is 0 Å². The van der Waals surface area contributed by atoms with E-state index in [4.69, 9.17) is 4.74 Å². The number of halogens is 2. The third kappa shape index (κ3) is 5.33. The second kappa shape index (κ2) is 10.2. The summed E-state index contributed by atoms with van der Waals surface area (Å²) in [6.07, 6.45) is 3.53. The predicted molar refractivity (Wildman–Crippen MR) is 134 cm³/mol. The van der Waals surface area contributed by atoms with Crippen molar-refractivity contribution in [1.82, 2.24) is 10.3 Å². The van der Waals surface area contributed by atoms with Crippen LogP contribution in [0.3, 0.4) is 0 Å². The zero-order valence-electron chi connectivity index (χ0n) is 17.5. The van der Waals surface area contributed by atoms with Gasteiger partial charge in [0.15, 0.2) is 5.43 Å². The molecule has 3 aromatic rings. The van der Waals surface area contributed by atoms with Crippen LogP contribution in [0.2, 0.25) is 0 Å². The molecule has 1 aliphatic carbocycles. The smallest absolute Gasteiger partial charge is 0.191 e. The number of pyridine rings is 1. The highest BCUT2D eigenvalue weighted by Gasteiger charge is 2.27. The van der Waals surface area contributed by atoms with Gasteiger partial charge in [-0.15, -0.1) is 0 Å². The van der Waals surface area contributed by atoms with Crippen molar-refractivity contribution < 1.29 is 4.74 Å². The highest BCUT2D eigenvalue weighted by molar-refractivity contribution is 9.11. The molecule has 0 aliphatic heterocycles. The SMILES string of the molecule is CCOc1c(Br)cc(Br)cc1CN[C@H]1CCC[C@@H]1CNc1cc(=O)c2ccccc2[nH]1. The van der Waals surface area contributed by atoms with Gasteiger partial charge in [-0.2, -0.15) is 0 Å². The monoisotopic (exact) mass is 547 g/mol. The quantitative estimate of drug-likeness (QED) is 0.332. The molecule has 1 fully saturated rings. The molecular formula is C24H27Br2N3O2. The number of fused-ring (bicyclic) bond motifs is 1. The van der Waals surface area contributed by atoms with Crippen molar-refractivity contribution in [2.75, 3.05) is 18.5 Å². The highest BCUT2D eigenvalue weighted by atomic mass is 79.9. The number of H-pyrrole nitrogens is 1. The van der Waals surface area contributed by atoms with E-state index in [9.17, 15) is 4.79 Å². The summed E-state index contributed by atoms with van der Waals surface area (Å²) in [5.74, 6) is 2.18. The Kier molecular flexibility index (Phi) is 7.35. The molecule has 3 N–H and O–H groups in total. The number of nitrogens with one attached hydrogen (secondary N) is 3. The fourth-order valence-corrected chi connectivity index (χ4v) is 5.80. The van der Waals surface area contributed by atoms with Crippen LogP contribution in [-0.4, -0.2) is 24.2 Å². The van der Waals surface area contributed by atoms with E-state index in [1.165, 1.54) is 12.8 Å². The molecule has 5 nitrogen and oxygen atoms in total. The van der Waals surface area contributed by atoms with E-state index in [0.29, 0.717) is 18.6 Å². The van der Waals surface area contributed by atoms with Gasteiger partial charge >= 0.3 is 0 Å². The third-order valence-corrected chi connectivity index (χ3v) is 6.93. The molecule has 164 valence electrons. The van der Waals surface area contributed by atoms with Crippen molar-refractivity contribution in [3.8, 4) is 5.75 Å². The van der Waals surface area contributed by atoms with Gasteiger partial charge in [0.1, 0.15) is 11.6 Å². The Morgan fingerprint density at radius 1 is 1.16 bits per heavy atom. The number of para-hydroxylation sites is 1. The minimum Gasteiger partial charge on any atom is -0.492 e. The van der Waals surface area contributed by atoms with Crippen molar-refractivity contribution in [2.24, 2.45) is 5.92 Å². The summed E-state index contributed by atoms with van der Waals surface area (Å²) in [6.45, 7) is 4.21. The summed E-state index contributed by atoms with van der Waals surface area (Å²) in [6, 6.07) is 13.8. The topological polar surface area (TPSA) is 66.2 Å². The molecule has 7 heteroatoms. The van der Waals surface area contributed by atoms with Gasteiger partial charge in [-0.25, -0.2) is 0 Å². The van der Waals surface area contributed by atoms with Crippen LogP contribution in [-0.2, 0) is 6.54 Å². The Bertz CT molecular complexity index is 1120. The van der Waals surface area contributed by atoms with E-state index in [-0.39, 0.29) is 5.43 Å². The summed E-state index contributed by atoms with van der Waals surface area (Å²) in [4.78, 5) is 15.7. The molecule has 31 heavy (non-hydrogen) atoms. The van der Waals surface area contributed by atoms with Crippen molar-refractivity contribution in [3.63, 3.8) is 0 Å². The van der Waals surface area contributed by atoms with Crippen LogP contribution in [0.4, 0.5) is 5.82 Å². The summed E-state index contributed by atoms with van der Waals surface area (Å²) < 4.78 is 7.86. The minimum atomic E-state index is 0.0432. The Morgan fingerprint density at radius 3 is 2.84 bits per heavy atom. The first-order chi connectivity index (χ1) is 15.0. The van der Waals surface area contributed by atoms with Crippen LogP contribution in [0.25, 0.3) is 10.9 Å². The average molecular weight is 549 g/mol. The van der Waals surface area contributed by atoms with Gasteiger partial charge in [0, 0.05) is 40.6 Å². The molecule has 0 amide bonds. The van der Waals surface area contributed by atoms with Gasteiger partial charge in [-0.3, -0.25) is 4.79 Å². The molecular weight excluding hydrogens is 522 g/mol. The summed E-state index contributed by atoms with van der Waals surface area (Å²) >= 11 is 7.20. The Labute approximate surface area is 199 Å². The number of aromatic nitrogens is 1. The molecule has 1 aliphatic rings. The zero-order chi connectivity index (χ0) is 21.8. The van der Waals surface area contributed by atoms with Gasteiger partial charge in [0.05, 0.1) is 16.6 Å². The van der Waals surface area contributed by atoms with Gasteiger partial charge < -0.3 is 20.4 Å². The fraction of sp³-hybridized carbons (Fsp3) is 0.375. The number of aromatic amines is 1. The number of hydrogen-bond donors (Lipinski definition) is 3. The van der Waals surface area contributed by atoms with E-state index >= 15 is 0 Å². The van der Waals surface area contributed by atoms with Crippen LogP contribution in [0.15, 0.2) is 56.2 Å². The first-order valence-corrected chi connectivity index (χ1v) is 12.3. The number of ether oxygens (including phenoxy) is 1. The lowest BCUT2D eigenvalue weighted by Crippen LogP contribution is -2.35. The molecule has 0 bridgehead atoms. The average Bonchev–Trinajstić information content (AvgIpc) is 3.20. The normalized spacial score (nSPS) is 18.4. The second-order valence-electron chi connectivity index (χ2n) is 7.96. The van der Waals surface area contributed by atoms with Crippen molar-refractivity contribution in [2.45, 2.75) is 38.8 Å². The number of benzene rings is 2. The van der Waals surface area contributed by atoms with Crippen LogP contribution in [0, 0.1) is 5.92 Å². The lowest BCUT2D eigenvalue weighted by atomic mass is 10.0. The predicted octanol–water partition coefficient (Wildman–Crippen LogP) is 5.82. The molecule has 0 radical (unpaired) electrons. The molecule has 2 aromatic carbocycles. The number of hydrogen-bond acceptors (Lipinski definition) is 4. The molecule has 0 spiro atoms.